The number of nitrogens with zero attached hydrogens (tertiary/aromatic N) is 2. The van der Waals surface area contributed by atoms with Gasteiger partial charge in [0.15, 0.2) is 0 Å². The SMILES string of the molecule is C=C(CCC)NCc1ccc(C(F)(F)P)c(-c2nc(-c3ccc(CCCCC(C)C)nc3)cc(=O)[nH]2)c1. The van der Waals surface area contributed by atoms with Crippen LogP contribution in [-0.2, 0) is 18.6 Å². The molecule has 0 radical (unpaired) electrons. The van der Waals surface area contributed by atoms with Gasteiger partial charge in [-0.2, -0.15) is 8.78 Å². The van der Waals surface area contributed by atoms with Crippen molar-refractivity contribution in [3.63, 3.8) is 0 Å². The minimum atomic E-state index is -3.19. The van der Waals surface area contributed by atoms with E-state index in [2.05, 4.69) is 47.6 Å². The van der Waals surface area contributed by atoms with E-state index < -0.39 is 11.2 Å². The summed E-state index contributed by atoms with van der Waals surface area (Å²) in [5, 5.41) is 3.23. The van der Waals surface area contributed by atoms with Gasteiger partial charge in [0.1, 0.15) is 5.82 Å². The van der Waals surface area contributed by atoms with Gasteiger partial charge in [0.2, 0.25) is 0 Å². The molecule has 0 saturated carbocycles. The standard InChI is InChI=1S/C29H37F2N4OP/c1-5-8-20(4)32-17-21-11-14-25(29(30,31)37)24(15-21)28-34-26(16-27(36)35-28)22-12-13-23(33-18-22)10-7-6-9-19(2)3/h11-16,18-19,32H,4-10,17,37H2,1-3H3,(H,34,35,36). The van der Waals surface area contributed by atoms with Crippen LogP contribution in [0.25, 0.3) is 22.6 Å². The van der Waals surface area contributed by atoms with Crippen LogP contribution in [0.1, 0.15) is 69.7 Å². The summed E-state index contributed by atoms with van der Waals surface area (Å²) in [5.74, 6) is 0.780. The molecule has 0 saturated heterocycles. The highest BCUT2D eigenvalue weighted by Gasteiger charge is 2.29. The summed E-state index contributed by atoms with van der Waals surface area (Å²) in [7, 11) is 1.57. The van der Waals surface area contributed by atoms with E-state index in [4.69, 9.17) is 0 Å². The van der Waals surface area contributed by atoms with Crippen LogP contribution in [0, 0.1) is 5.92 Å². The molecule has 2 N–H and O–H groups in total. The number of aromatic amines is 1. The van der Waals surface area contributed by atoms with Crippen molar-refractivity contribution in [1.29, 1.82) is 0 Å². The van der Waals surface area contributed by atoms with Crippen molar-refractivity contribution >= 4 is 9.24 Å². The van der Waals surface area contributed by atoms with E-state index in [1.54, 1.807) is 27.6 Å². The molecule has 8 heteroatoms. The largest absolute Gasteiger partial charge is 0.385 e. The Hall–Kier alpha value is -2.92. The monoisotopic (exact) mass is 526 g/mol. The number of aromatic nitrogens is 3. The Bertz CT molecular complexity index is 1250. The second-order valence-corrected chi connectivity index (χ2v) is 10.6. The molecule has 198 valence electrons. The molecule has 2 heterocycles. The normalized spacial score (nSPS) is 11.6. The zero-order chi connectivity index (χ0) is 27.0. The van der Waals surface area contributed by atoms with Crippen LogP contribution in [0.15, 0.2) is 59.7 Å². The van der Waals surface area contributed by atoms with Crippen molar-refractivity contribution in [1.82, 2.24) is 20.3 Å². The fourth-order valence-electron chi connectivity index (χ4n) is 4.12. The summed E-state index contributed by atoms with van der Waals surface area (Å²) in [6, 6.07) is 9.84. The molecular weight excluding hydrogens is 489 g/mol. The van der Waals surface area contributed by atoms with E-state index in [0.29, 0.717) is 23.7 Å². The zero-order valence-electron chi connectivity index (χ0n) is 21.9. The second-order valence-electron chi connectivity index (χ2n) is 9.87. The molecule has 3 aromatic rings. The molecule has 0 spiro atoms. The van der Waals surface area contributed by atoms with Gasteiger partial charge < -0.3 is 10.3 Å². The van der Waals surface area contributed by atoms with Gasteiger partial charge in [-0.1, -0.05) is 68.0 Å². The first-order chi connectivity index (χ1) is 17.6. The average molecular weight is 527 g/mol. The predicted octanol–water partition coefficient (Wildman–Crippen LogP) is 7.20. The molecule has 0 aliphatic rings. The fourth-order valence-corrected chi connectivity index (χ4v) is 4.37. The van der Waals surface area contributed by atoms with Crippen LogP contribution in [0.5, 0.6) is 0 Å². The lowest BCUT2D eigenvalue weighted by Crippen LogP contribution is -2.14. The first kappa shape index (κ1) is 28.6. The molecule has 5 nitrogen and oxygen atoms in total. The summed E-state index contributed by atoms with van der Waals surface area (Å²) < 4.78 is 29.0. The van der Waals surface area contributed by atoms with E-state index >= 15 is 0 Å². The van der Waals surface area contributed by atoms with Crippen molar-refractivity contribution in [3.8, 4) is 22.6 Å². The Labute approximate surface area is 220 Å². The second kappa shape index (κ2) is 13.0. The Morgan fingerprint density at radius 3 is 2.62 bits per heavy atom. The number of alkyl halides is 2. The lowest BCUT2D eigenvalue weighted by Gasteiger charge is -2.18. The number of aryl methyl sites for hydroxylation is 1. The molecule has 1 atom stereocenters. The maximum absolute atomic E-state index is 14.5. The summed E-state index contributed by atoms with van der Waals surface area (Å²) in [4.78, 5) is 24.3. The Morgan fingerprint density at radius 1 is 1.19 bits per heavy atom. The third-order valence-corrected chi connectivity index (χ3v) is 6.43. The van der Waals surface area contributed by atoms with E-state index in [1.165, 1.54) is 18.6 Å². The summed E-state index contributed by atoms with van der Waals surface area (Å²) in [6.07, 6.45) is 7.79. The molecule has 0 aliphatic carbocycles. The third-order valence-electron chi connectivity index (χ3n) is 6.12. The lowest BCUT2D eigenvalue weighted by molar-refractivity contribution is 0.104. The van der Waals surface area contributed by atoms with Crippen molar-refractivity contribution < 1.29 is 8.78 Å². The molecule has 1 aromatic carbocycles. The number of halogens is 2. The number of unbranched alkanes of at least 4 members (excludes halogenated alkanes) is 1. The number of pyridine rings is 1. The summed E-state index contributed by atoms with van der Waals surface area (Å²) in [6.45, 7) is 10.9. The zero-order valence-corrected chi connectivity index (χ0v) is 23.1. The molecule has 0 amide bonds. The third kappa shape index (κ3) is 8.57. The van der Waals surface area contributed by atoms with Crippen molar-refractivity contribution in [2.45, 2.75) is 71.5 Å². The van der Waals surface area contributed by atoms with Gasteiger partial charge in [0.25, 0.3) is 11.2 Å². The van der Waals surface area contributed by atoms with Crippen molar-refractivity contribution in [3.05, 3.63) is 82.0 Å². The number of H-pyrrole nitrogens is 1. The Morgan fingerprint density at radius 2 is 1.97 bits per heavy atom. The Balaban J connectivity index is 1.90. The van der Waals surface area contributed by atoms with E-state index in [-0.39, 0.29) is 17.0 Å². The first-order valence-electron chi connectivity index (χ1n) is 12.9. The molecule has 1 unspecified atom stereocenters. The number of hydrogen-bond donors (Lipinski definition) is 2. The maximum atomic E-state index is 14.5. The quantitative estimate of drug-likeness (QED) is 0.183. The molecule has 0 fully saturated rings. The van der Waals surface area contributed by atoms with Crippen LogP contribution in [0.3, 0.4) is 0 Å². The molecule has 37 heavy (non-hydrogen) atoms. The number of hydrogen-bond acceptors (Lipinski definition) is 4. The minimum Gasteiger partial charge on any atom is -0.385 e. The fraction of sp³-hybridized carbons (Fsp3) is 0.414. The van der Waals surface area contributed by atoms with Gasteiger partial charge in [-0.25, -0.2) is 4.98 Å². The molecule has 2 aromatic heterocycles. The van der Waals surface area contributed by atoms with Gasteiger partial charge in [-0.3, -0.25) is 9.78 Å². The van der Waals surface area contributed by atoms with Crippen molar-refractivity contribution in [2.24, 2.45) is 5.92 Å². The van der Waals surface area contributed by atoms with Crippen LogP contribution in [0.2, 0.25) is 0 Å². The van der Waals surface area contributed by atoms with Crippen molar-refractivity contribution in [2.75, 3.05) is 0 Å². The van der Waals surface area contributed by atoms with Crippen LogP contribution in [-0.4, -0.2) is 15.0 Å². The highest BCUT2D eigenvalue weighted by molar-refractivity contribution is 7.17. The van der Waals surface area contributed by atoms with E-state index in [9.17, 15) is 13.6 Å². The molecule has 3 rings (SSSR count). The highest BCUT2D eigenvalue weighted by atomic mass is 31.0. The van der Waals surface area contributed by atoms with E-state index in [0.717, 1.165) is 49.1 Å². The Kier molecular flexibility index (Phi) is 10.1. The predicted molar refractivity (Wildman–Crippen MR) is 150 cm³/mol. The van der Waals surface area contributed by atoms with Gasteiger partial charge >= 0.3 is 0 Å². The van der Waals surface area contributed by atoms with Crippen LogP contribution < -0.4 is 10.9 Å². The van der Waals surface area contributed by atoms with E-state index in [1.807, 2.05) is 12.1 Å². The topological polar surface area (TPSA) is 70.7 Å². The highest BCUT2D eigenvalue weighted by Crippen LogP contribution is 2.40. The average Bonchev–Trinajstić information content (AvgIpc) is 2.85. The van der Waals surface area contributed by atoms with Gasteiger partial charge in [-0.05, 0) is 48.9 Å². The first-order valence-corrected chi connectivity index (χ1v) is 13.4. The summed E-state index contributed by atoms with van der Waals surface area (Å²) in [5.41, 5.74) is 0.0127. The number of nitrogens with one attached hydrogen (secondary N) is 2. The maximum Gasteiger partial charge on any atom is 0.284 e. The van der Waals surface area contributed by atoms with Gasteiger partial charge in [-0.15, -0.1) is 0 Å². The number of allylic oxidation sites excluding steroid dienone is 1. The number of benzene rings is 1. The molecule has 0 bridgehead atoms. The smallest absolute Gasteiger partial charge is 0.284 e. The van der Waals surface area contributed by atoms with Crippen LogP contribution >= 0.6 is 9.24 Å². The van der Waals surface area contributed by atoms with Gasteiger partial charge in [0.05, 0.1) is 5.69 Å². The molecular formula is C29H37F2N4OP. The molecule has 0 aliphatic heterocycles. The van der Waals surface area contributed by atoms with Crippen LogP contribution in [0.4, 0.5) is 8.78 Å². The van der Waals surface area contributed by atoms with Gasteiger partial charge in [0, 0.05) is 46.9 Å². The minimum absolute atomic E-state index is 0.0895. The lowest BCUT2D eigenvalue weighted by atomic mass is 10.0. The number of rotatable bonds is 13. The summed E-state index contributed by atoms with van der Waals surface area (Å²) >= 11 is 0.